The van der Waals surface area contributed by atoms with Crippen LogP contribution >= 0.6 is 0 Å². The summed E-state index contributed by atoms with van der Waals surface area (Å²) in [7, 11) is 0. The number of allylic oxidation sites excluding steroid dienone is 2. The molecule has 1 rings (SSSR count). The molecule has 1 aromatic carbocycles. The highest BCUT2D eigenvalue weighted by molar-refractivity contribution is 5.38. The maximum Gasteiger partial charge on any atom is 0.169 e. The highest BCUT2D eigenvalue weighted by atomic mass is 19.1. The summed E-state index contributed by atoms with van der Waals surface area (Å²) in [5, 5.41) is 0. The van der Waals surface area contributed by atoms with E-state index in [0.717, 1.165) is 18.4 Å². The molecule has 0 atom stereocenters. The van der Waals surface area contributed by atoms with Crippen LogP contribution in [0, 0.1) is 11.8 Å². The molecular formula is C17H21F. The molecule has 0 bridgehead atoms. The van der Waals surface area contributed by atoms with Crippen molar-refractivity contribution in [2.24, 2.45) is 0 Å². The Balaban J connectivity index is 2.28. The minimum atomic E-state index is -0.311. The molecule has 1 heteroatoms. The van der Waals surface area contributed by atoms with Crippen LogP contribution in [0.4, 0.5) is 4.39 Å². The number of hydrogen-bond acceptors (Lipinski definition) is 0. The fraction of sp³-hybridized carbons (Fsp3) is 0.412. The van der Waals surface area contributed by atoms with Crippen molar-refractivity contribution in [1.29, 1.82) is 0 Å². The first-order chi connectivity index (χ1) is 8.83. The van der Waals surface area contributed by atoms with Crippen molar-refractivity contribution in [2.75, 3.05) is 0 Å². The van der Waals surface area contributed by atoms with E-state index in [9.17, 15) is 4.39 Å². The first-order valence-corrected chi connectivity index (χ1v) is 6.75. The molecule has 0 spiro atoms. The fourth-order valence-electron chi connectivity index (χ4n) is 1.68. The quantitative estimate of drug-likeness (QED) is 0.473. The molecule has 0 N–H and O–H groups in total. The van der Waals surface area contributed by atoms with E-state index in [0.29, 0.717) is 0 Å². The predicted molar refractivity (Wildman–Crippen MR) is 75.9 cm³/mol. The number of rotatable bonds is 6. The van der Waals surface area contributed by atoms with Crippen LogP contribution < -0.4 is 0 Å². The van der Waals surface area contributed by atoms with Crippen LogP contribution in [-0.2, 0) is 0 Å². The van der Waals surface area contributed by atoms with Gasteiger partial charge in [-0.2, -0.15) is 4.39 Å². The van der Waals surface area contributed by atoms with Crippen LogP contribution in [0.1, 0.15) is 51.0 Å². The second-order valence-electron chi connectivity index (χ2n) is 4.37. The van der Waals surface area contributed by atoms with Crippen molar-refractivity contribution in [1.82, 2.24) is 0 Å². The normalized spacial score (nSPS) is 10.9. The Bertz CT molecular complexity index is 406. The molecule has 0 amide bonds. The van der Waals surface area contributed by atoms with Gasteiger partial charge in [0.2, 0.25) is 0 Å². The summed E-state index contributed by atoms with van der Waals surface area (Å²) in [6, 6.07) is 9.49. The molecule has 96 valence electrons. The minimum absolute atomic E-state index is 0.311. The van der Waals surface area contributed by atoms with Crippen molar-refractivity contribution < 1.29 is 4.39 Å². The molecule has 0 radical (unpaired) electrons. The first kappa shape index (κ1) is 14.5. The molecule has 0 aliphatic rings. The van der Waals surface area contributed by atoms with Crippen molar-refractivity contribution in [3.8, 4) is 11.8 Å². The van der Waals surface area contributed by atoms with Crippen molar-refractivity contribution in [3.63, 3.8) is 0 Å². The van der Waals surface area contributed by atoms with Gasteiger partial charge in [-0.05, 0) is 37.0 Å². The van der Waals surface area contributed by atoms with E-state index in [1.807, 2.05) is 30.3 Å². The van der Waals surface area contributed by atoms with Crippen LogP contribution in [-0.4, -0.2) is 0 Å². The van der Waals surface area contributed by atoms with Gasteiger partial charge in [0, 0.05) is 5.56 Å². The van der Waals surface area contributed by atoms with Gasteiger partial charge >= 0.3 is 0 Å². The van der Waals surface area contributed by atoms with Gasteiger partial charge < -0.3 is 0 Å². The summed E-state index contributed by atoms with van der Waals surface area (Å²) < 4.78 is 13.4. The van der Waals surface area contributed by atoms with Gasteiger partial charge in [0.15, 0.2) is 5.83 Å². The molecule has 0 saturated carbocycles. The highest BCUT2D eigenvalue weighted by Crippen LogP contribution is 2.07. The maximum atomic E-state index is 13.4. The van der Waals surface area contributed by atoms with Crippen LogP contribution in [0.5, 0.6) is 0 Å². The second kappa shape index (κ2) is 9.48. The largest absolute Gasteiger partial charge is 0.197 e. The number of unbranched alkanes of at least 4 members (excludes halogenated alkanes) is 5. The van der Waals surface area contributed by atoms with Gasteiger partial charge in [-0.3, -0.25) is 0 Å². The molecule has 0 aliphatic carbocycles. The van der Waals surface area contributed by atoms with Crippen LogP contribution in [0.15, 0.2) is 42.2 Å². The average Bonchev–Trinajstić information content (AvgIpc) is 2.41. The zero-order chi connectivity index (χ0) is 13.1. The summed E-state index contributed by atoms with van der Waals surface area (Å²) in [5.74, 6) is 5.05. The third kappa shape index (κ3) is 6.91. The molecule has 0 aromatic heterocycles. The third-order valence-electron chi connectivity index (χ3n) is 2.73. The van der Waals surface area contributed by atoms with E-state index in [2.05, 4.69) is 18.8 Å². The molecular weight excluding hydrogens is 223 g/mol. The standard InChI is InChI=1S/C17H21F/c1-2-3-4-5-6-10-13-17(18)15-14-16-11-8-7-9-12-16/h7-9,11-13H,2-6,10H2,1H3/b17-13-. The smallest absolute Gasteiger partial charge is 0.169 e. The third-order valence-corrected chi connectivity index (χ3v) is 2.73. The Morgan fingerprint density at radius 2 is 1.83 bits per heavy atom. The Labute approximate surface area is 110 Å². The lowest BCUT2D eigenvalue weighted by Gasteiger charge is -1.95. The summed E-state index contributed by atoms with van der Waals surface area (Å²) in [5.41, 5.74) is 0.851. The Morgan fingerprint density at radius 1 is 1.11 bits per heavy atom. The number of hydrogen-bond donors (Lipinski definition) is 0. The monoisotopic (exact) mass is 244 g/mol. The summed E-state index contributed by atoms with van der Waals surface area (Å²) in [6.07, 6.45) is 8.40. The van der Waals surface area contributed by atoms with Crippen molar-refractivity contribution >= 4 is 0 Å². The molecule has 0 unspecified atom stereocenters. The fourth-order valence-corrected chi connectivity index (χ4v) is 1.68. The Hall–Kier alpha value is -1.55. The molecule has 0 saturated heterocycles. The lowest BCUT2D eigenvalue weighted by atomic mass is 10.1. The average molecular weight is 244 g/mol. The maximum absolute atomic E-state index is 13.4. The summed E-state index contributed by atoms with van der Waals surface area (Å²) >= 11 is 0. The SMILES string of the molecule is CCCCCCC/C=C(\F)C#Cc1ccccc1. The zero-order valence-corrected chi connectivity index (χ0v) is 11.1. The molecule has 18 heavy (non-hydrogen) atoms. The molecule has 0 aliphatic heterocycles. The topological polar surface area (TPSA) is 0 Å². The van der Waals surface area contributed by atoms with E-state index in [-0.39, 0.29) is 5.83 Å². The second-order valence-corrected chi connectivity index (χ2v) is 4.37. The first-order valence-electron chi connectivity index (χ1n) is 6.75. The van der Waals surface area contributed by atoms with Crippen LogP contribution in [0.25, 0.3) is 0 Å². The van der Waals surface area contributed by atoms with Crippen molar-refractivity contribution in [2.45, 2.75) is 45.4 Å². The van der Waals surface area contributed by atoms with E-state index < -0.39 is 0 Å². The van der Waals surface area contributed by atoms with E-state index >= 15 is 0 Å². The number of halogens is 1. The van der Waals surface area contributed by atoms with Crippen LogP contribution in [0.3, 0.4) is 0 Å². The molecule has 1 aromatic rings. The Morgan fingerprint density at radius 3 is 2.56 bits per heavy atom. The Kier molecular flexibility index (Phi) is 7.64. The molecule has 0 heterocycles. The molecule has 0 nitrogen and oxygen atoms in total. The van der Waals surface area contributed by atoms with Gasteiger partial charge in [0.05, 0.1) is 0 Å². The predicted octanol–water partition coefficient (Wildman–Crippen LogP) is 5.25. The van der Waals surface area contributed by atoms with Gasteiger partial charge in [0.1, 0.15) is 0 Å². The van der Waals surface area contributed by atoms with E-state index in [1.54, 1.807) is 6.08 Å². The molecule has 0 fully saturated rings. The van der Waals surface area contributed by atoms with Crippen LogP contribution in [0.2, 0.25) is 0 Å². The van der Waals surface area contributed by atoms with Gasteiger partial charge in [-0.1, -0.05) is 56.7 Å². The van der Waals surface area contributed by atoms with E-state index in [4.69, 9.17) is 0 Å². The van der Waals surface area contributed by atoms with E-state index in [1.165, 1.54) is 25.7 Å². The summed E-state index contributed by atoms with van der Waals surface area (Å²) in [4.78, 5) is 0. The van der Waals surface area contributed by atoms with Gasteiger partial charge in [-0.15, -0.1) is 0 Å². The summed E-state index contributed by atoms with van der Waals surface area (Å²) in [6.45, 7) is 2.19. The highest BCUT2D eigenvalue weighted by Gasteiger charge is 1.90. The number of benzene rings is 1. The minimum Gasteiger partial charge on any atom is -0.197 e. The van der Waals surface area contributed by atoms with Gasteiger partial charge in [-0.25, -0.2) is 0 Å². The lowest BCUT2D eigenvalue weighted by molar-refractivity contribution is 0.625. The zero-order valence-electron chi connectivity index (χ0n) is 11.1. The lowest BCUT2D eigenvalue weighted by Crippen LogP contribution is -1.77. The van der Waals surface area contributed by atoms with Crippen molar-refractivity contribution in [3.05, 3.63) is 47.8 Å². The van der Waals surface area contributed by atoms with Gasteiger partial charge in [0.25, 0.3) is 0 Å².